The van der Waals surface area contributed by atoms with E-state index in [9.17, 15) is 5.11 Å². The molecule has 1 unspecified atom stereocenters. The number of rotatable bonds is 10. The van der Waals surface area contributed by atoms with E-state index in [2.05, 4.69) is 17.4 Å². The van der Waals surface area contributed by atoms with E-state index in [0.29, 0.717) is 24.0 Å². The number of aliphatic hydroxyl groups excluding tert-OH is 1. The van der Waals surface area contributed by atoms with Gasteiger partial charge >= 0.3 is 0 Å². The Morgan fingerprint density at radius 1 is 1.17 bits per heavy atom. The predicted molar refractivity (Wildman–Crippen MR) is 134 cm³/mol. The van der Waals surface area contributed by atoms with Crippen LogP contribution in [0.4, 0.5) is 0 Å². The van der Waals surface area contributed by atoms with E-state index >= 15 is 0 Å². The molecule has 4 rings (SSSR count). The summed E-state index contributed by atoms with van der Waals surface area (Å²) in [5.74, 6) is 2.73. The molecule has 3 aromatic rings. The predicted octanol–water partition coefficient (Wildman–Crippen LogP) is 4.04. The fourth-order valence-electron chi connectivity index (χ4n) is 4.59. The van der Waals surface area contributed by atoms with Gasteiger partial charge < -0.3 is 24.4 Å². The number of hydrogen-bond donors (Lipinski definition) is 2. The molecule has 8 heteroatoms. The van der Waals surface area contributed by atoms with Crippen molar-refractivity contribution in [1.29, 1.82) is 0 Å². The first kappa shape index (κ1) is 25.3. The van der Waals surface area contributed by atoms with Crippen molar-refractivity contribution in [3.05, 3.63) is 47.0 Å². The third kappa shape index (κ3) is 6.25. The highest BCUT2D eigenvalue weighted by atomic mass is 16.5. The van der Waals surface area contributed by atoms with E-state index in [-0.39, 0.29) is 6.61 Å². The Morgan fingerprint density at radius 3 is 2.69 bits per heavy atom. The molecule has 1 saturated heterocycles. The second-order valence-electron chi connectivity index (χ2n) is 9.31. The van der Waals surface area contributed by atoms with E-state index in [1.807, 2.05) is 38.1 Å². The maximum Gasteiger partial charge on any atom is 0.160 e. The smallest absolute Gasteiger partial charge is 0.160 e. The number of ether oxygens (including phenoxy) is 2. The van der Waals surface area contributed by atoms with Crippen LogP contribution in [-0.4, -0.2) is 59.7 Å². The molecule has 1 atom stereocenters. The highest BCUT2D eigenvalue weighted by Gasteiger charge is 2.21. The van der Waals surface area contributed by atoms with Crippen molar-refractivity contribution in [2.75, 3.05) is 33.4 Å². The van der Waals surface area contributed by atoms with Crippen LogP contribution in [0.25, 0.3) is 22.6 Å². The molecule has 0 amide bonds. The third-order valence-electron chi connectivity index (χ3n) is 6.62. The summed E-state index contributed by atoms with van der Waals surface area (Å²) in [5, 5.41) is 17.1. The highest BCUT2D eigenvalue weighted by molar-refractivity contribution is 5.70. The highest BCUT2D eigenvalue weighted by Crippen LogP contribution is 2.33. The molecule has 188 valence electrons. The number of aromatic nitrogens is 3. The monoisotopic (exact) mass is 480 g/mol. The average Bonchev–Trinajstić information content (AvgIpc) is 3.20. The number of aliphatic hydroxyl groups is 1. The zero-order valence-electron chi connectivity index (χ0n) is 21.1. The lowest BCUT2D eigenvalue weighted by atomic mass is 9.92. The van der Waals surface area contributed by atoms with Crippen molar-refractivity contribution in [3.63, 3.8) is 0 Å². The van der Waals surface area contributed by atoms with Crippen molar-refractivity contribution in [1.82, 2.24) is 20.4 Å². The van der Waals surface area contributed by atoms with Gasteiger partial charge in [0.25, 0.3) is 0 Å². The van der Waals surface area contributed by atoms with Gasteiger partial charge in [0, 0.05) is 31.0 Å². The summed E-state index contributed by atoms with van der Waals surface area (Å²) in [6, 6.07) is 7.72. The van der Waals surface area contributed by atoms with Crippen LogP contribution >= 0.6 is 0 Å². The molecule has 0 bridgehead atoms. The third-order valence-corrected chi connectivity index (χ3v) is 6.62. The molecule has 0 radical (unpaired) electrons. The molecule has 1 aliphatic heterocycles. The summed E-state index contributed by atoms with van der Waals surface area (Å²) >= 11 is 0. The van der Waals surface area contributed by atoms with Gasteiger partial charge in [0.2, 0.25) is 0 Å². The molecular weight excluding hydrogens is 444 g/mol. The molecule has 8 nitrogen and oxygen atoms in total. The Labute approximate surface area is 207 Å². The number of nitrogens with zero attached hydrogens (tertiary/aromatic N) is 3. The summed E-state index contributed by atoms with van der Waals surface area (Å²) in [7, 11) is 1.80. The summed E-state index contributed by atoms with van der Waals surface area (Å²) < 4.78 is 16.8. The van der Waals surface area contributed by atoms with Gasteiger partial charge in [-0.3, -0.25) is 0 Å². The standard InChI is InChI=1S/C27H36N4O4/c1-17-24(9-8-20-10-12-33-13-11-20)29-27(30-26(17)25-18(2)31-35-19(25)3)21-6-5-7-23(14-21)34-16-22(32)15-28-4/h5-7,14,20,22,28,32H,8-13,15-16H2,1-4H3. The molecule has 1 aliphatic rings. The molecule has 35 heavy (non-hydrogen) atoms. The van der Waals surface area contributed by atoms with Crippen molar-refractivity contribution in [2.24, 2.45) is 5.92 Å². The lowest BCUT2D eigenvalue weighted by molar-refractivity contribution is 0.0639. The van der Waals surface area contributed by atoms with Crippen LogP contribution in [0.5, 0.6) is 5.75 Å². The number of benzene rings is 1. The van der Waals surface area contributed by atoms with Crippen LogP contribution in [0.1, 0.15) is 42.0 Å². The number of hydrogen-bond acceptors (Lipinski definition) is 8. The van der Waals surface area contributed by atoms with Gasteiger partial charge in [0.1, 0.15) is 24.2 Å². The lowest BCUT2D eigenvalue weighted by Gasteiger charge is -2.22. The van der Waals surface area contributed by atoms with Gasteiger partial charge in [0.15, 0.2) is 5.82 Å². The summed E-state index contributed by atoms with van der Waals surface area (Å²) in [5.41, 5.74) is 5.60. The van der Waals surface area contributed by atoms with Crippen LogP contribution in [0.3, 0.4) is 0 Å². The minimum Gasteiger partial charge on any atom is -0.491 e. The quantitative estimate of drug-likeness (QED) is 0.448. The van der Waals surface area contributed by atoms with Crippen molar-refractivity contribution >= 4 is 0 Å². The van der Waals surface area contributed by atoms with E-state index in [1.165, 1.54) is 0 Å². The number of aryl methyl sites for hydroxylation is 3. The fourth-order valence-corrected chi connectivity index (χ4v) is 4.59. The first-order valence-electron chi connectivity index (χ1n) is 12.4. The van der Waals surface area contributed by atoms with Crippen molar-refractivity contribution in [3.8, 4) is 28.4 Å². The van der Waals surface area contributed by atoms with Gasteiger partial charge in [-0.25, -0.2) is 9.97 Å². The van der Waals surface area contributed by atoms with E-state index < -0.39 is 6.10 Å². The van der Waals surface area contributed by atoms with Gasteiger partial charge in [-0.15, -0.1) is 0 Å². The Balaban J connectivity index is 1.67. The van der Waals surface area contributed by atoms with Crippen LogP contribution in [0, 0.1) is 26.7 Å². The Morgan fingerprint density at radius 2 is 1.97 bits per heavy atom. The Hall–Kier alpha value is -2.81. The fraction of sp³-hybridized carbons (Fsp3) is 0.519. The zero-order chi connectivity index (χ0) is 24.8. The summed E-state index contributed by atoms with van der Waals surface area (Å²) in [6.45, 7) is 8.32. The van der Waals surface area contributed by atoms with Gasteiger partial charge in [0.05, 0.1) is 17.0 Å². The number of nitrogens with one attached hydrogen (secondary N) is 1. The van der Waals surface area contributed by atoms with Crippen LogP contribution in [0.15, 0.2) is 28.8 Å². The molecule has 2 aromatic heterocycles. The lowest BCUT2D eigenvalue weighted by Crippen LogP contribution is -2.29. The Kier molecular flexibility index (Phi) is 8.49. The first-order chi connectivity index (χ1) is 17.0. The summed E-state index contributed by atoms with van der Waals surface area (Å²) in [4.78, 5) is 10.00. The van der Waals surface area contributed by atoms with Crippen LogP contribution < -0.4 is 10.1 Å². The Bertz CT molecular complexity index is 1100. The molecular formula is C27H36N4O4. The van der Waals surface area contributed by atoms with Gasteiger partial charge in [-0.05, 0) is 77.1 Å². The van der Waals surface area contributed by atoms with Crippen molar-refractivity contribution < 1.29 is 19.1 Å². The largest absolute Gasteiger partial charge is 0.491 e. The number of likely N-dealkylation sites (N-methyl/N-ethyl adjacent to an activating group) is 1. The van der Waals surface area contributed by atoms with Crippen molar-refractivity contribution in [2.45, 2.75) is 52.6 Å². The maximum absolute atomic E-state index is 9.99. The SMILES string of the molecule is CNCC(O)COc1cccc(-c2nc(CCC3CCOCC3)c(C)c(-c3c(C)noc3C)n2)c1. The van der Waals surface area contributed by atoms with E-state index in [4.69, 9.17) is 24.0 Å². The molecule has 1 aromatic carbocycles. The maximum atomic E-state index is 9.99. The average molecular weight is 481 g/mol. The molecule has 0 aliphatic carbocycles. The summed E-state index contributed by atoms with van der Waals surface area (Å²) in [6.07, 6.45) is 3.59. The molecule has 2 N–H and O–H groups in total. The molecule has 0 saturated carbocycles. The second-order valence-corrected chi connectivity index (χ2v) is 9.31. The van der Waals surface area contributed by atoms with Crippen LogP contribution in [0.2, 0.25) is 0 Å². The second kappa shape index (κ2) is 11.7. The molecule has 1 fully saturated rings. The molecule has 3 heterocycles. The topological polar surface area (TPSA) is 103 Å². The minimum atomic E-state index is -0.581. The normalized spacial score (nSPS) is 15.3. The minimum absolute atomic E-state index is 0.208. The van der Waals surface area contributed by atoms with Gasteiger partial charge in [-0.2, -0.15) is 0 Å². The zero-order valence-corrected chi connectivity index (χ0v) is 21.1. The van der Waals surface area contributed by atoms with E-state index in [0.717, 1.165) is 78.4 Å². The van der Waals surface area contributed by atoms with Gasteiger partial charge in [-0.1, -0.05) is 17.3 Å². The molecule has 0 spiro atoms. The first-order valence-corrected chi connectivity index (χ1v) is 12.4. The van der Waals surface area contributed by atoms with E-state index in [1.54, 1.807) is 7.05 Å². The van der Waals surface area contributed by atoms with Crippen LogP contribution in [-0.2, 0) is 11.2 Å².